The number of carbonyl (C=O) groups excluding carboxylic acids is 2. The Morgan fingerprint density at radius 2 is 1.83 bits per heavy atom. The smallest absolute Gasteiger partial charge is 0.410 e. The van der Waals surface area contributed by atoms with Crippen molar-refractivity contribution in [3.8, 4) is 5.75 Å². The van der Waals surface area contributed by atoms with Crippen molar-refractivity contribution in [3.63, 3.8) is 0 Å². The number of likely N-dealkylation sites (tertiary alicyclic amines) is 1. The number of para-hydroxylation sites is 1. The van der Waals surface area contributed by atoms with E-state index in [9.17, 15) is 19.8 Å². The first-order valence-corrected chi connectivity index (χ1v) is 14.2. The summed E-state index contributed by atoms with van der Waals surface area (Å²) in [6.45, 7) is 1.31. The average molecular weight is 566 g/mol. The molecule has 41 heavy (non-hydrogen) atoms. The van der Waals surface area contributed by atoms with Crippen molar-refractivity contribution in [3.05, 3.63) is 42.5 Å². The zero-order chi connectivity index (χ0) is 28.5. The maximum atomic E-state index is 12.5. The molecule has 0 radical (unpaired) electrons. The molecule has 2 aliphatic heterocycles. The molecule has 1 unspecified atom stereocenters. The van der Waals surface area contributed by atoms with Crippen LogP contribution in [0.4, 0.5) is 10.6 Å². The molecule has 3 aromatic rings. The molecular weight excluding hydrogens is 530 g/mol. The van der Waals surface area contributed by atoms with Gasteiger partial charge in [0.1, 0.15) is 29.3 Å². The van der Waals surface area contributed by atoms with Crippen molar-refractivity contribution in [2.45, 2.75) is 75.5 Å². The molecule has 2 amide bonds. The number of nitrogens with one attached hydrogen (secondary N) is 1. The van der Waals surface area contributed by atoms with Crippen molar-refractivity contribution in [2.24, 2.45) is 5.92 Å². The third kappa shape index (κ3) is 5.97. The maximum Gasteiger partial charge on any atom is 0.415 e. The van der Waals surface area contributed by atoms with Crippen molar-refractivity contribution >= 4 is 29.0 Å². The number of nitrogens with zero attached hydrogens (tertiary/aromatic N) is 5. The molecule has 1 aromatic carbocycles. The minimum Gasteiger partial charge on any atom is -0.410 e. The first kappa shape index (κ1) is 27.4. The number of rotatable bonds is 8. The van der Waals surface area contributed by atoms with Crippen LogP contribution in [0.15, 0.2) is 36.7 Å². The number of aromatic nitrogens is 4. The summed E-state index contributed by atoms with van der Waals surface area (Å²) < 4.78 is 12.8. The first-order valence-electron chi connectivity index (χ1n) is 14.2. The van der Waals surface area contributed by atoms with Gasteiger partial charge in [0, 0.05) is 25.6 Å². The Morgan fingerprint density at radius 3 is 2.56 bits per heavy atom. The SMILES string of the molecule is Nc1nc(CCCC2CCN(C(=O)Oc3ccccc3)CC2)nc2c1ncn2[C@@H]1O[C@H](C(=O)NC2CC2)C(O)[C@@H]1O. The zero-order valence-electron chi connectivity index (χ0n) is 22.6. The normalized spacial score (nSPS) is 25.0. The van der Waals surface area contributed by atoms with Crippen LogP contribution in [0.3, 0.4) is 0 Å². The molecule has 3 fully saturated rings. The van der Waals surface area contributed by atoms with Gasteiger partial charge in [-0.15, -0.1) is 0 Å². The molecule has 4 heterocycles. The standard InChI is InChI=1S/C28H35N7O6/c29-24-20-25(35(15-30-20)27-22(37)21(36)23(41-27)26(38)31-17-9-10-17)33-19(32-24)8-4-5-16-11-13-34(14-12-16)28(39)40-18-6-2-1-3-7-18/h1-3,6-7,15-17,21-23,27,36-37H,4-5,8-14H2,(H,31,38)(H2,29,32,33)/t21?,22-,23-,27+/m0/s1. The number of nitrogens with two attached hydrogens (primary N) is 1. The van der Waals surface area contributed by atoms with Crippen LogP contribution < -0.4 is 15.8 Å². The maximum absolute atomic E-state index is 12.5. The molecule has 4 atom stereocenters. The molecule has 13 nitrogen and oxygen atoms in total. The van der Waals surface area contributed by atoms with Gasteiger partial charge < -0.3 is 35.6 Å². The number of nitrogen functional groups attached to an aromatic ring is 1. The molecular formula is C28H35N7O6. The second kappa shape index (κ2) is 11.6. The average Bonchev–Trinajstić information content (AvgIpc) is 3.61. The number of carbonyl (C=O) groups is 2. The topological polar surface area (TPSA) is 178 Å². The van der Waals surface area contributed by atoms with Crippen molar-refractivity contribution in [1.82, 2.24) is 29.7 Å². The monoisotopic (exact) mass is 565 g/mol. The fourth-order valence-electron chi connectivity index (χ4n) is 5.51. The van der Waals surface area contributed by atoms with E-state index in [0.29, 0.717) is 48.2 Å². The molecule has 1 aliphatic carbocycles. The molecule has 3 aliphatic rings. The highest BCUT2D eigenvalue weighted by Gasteiger charge is 2.48. The number of anilines is 1. The number of aliphatic hydroxyl groups is 2. The van der Waals surface area contributed by atoms with Crippen molar-refractivity contribution in [2.75, 3.05) is 18.8 Å². The minimum atomic E-state index is -1.39. The van der Waals surface area contributed by atoms with Gasteiger partial charge in [-0.25, -0.2) is 19.7 Å². The lowest BCUT2D eigenvalue weighted by Gasteiger charge is -2.31. The second-order valence-corrected chi connectivity index (χ2v) is 11.1. The van der Waals surface area contributed by atoms with E-state index < -0.39 is 30.4 Å². The number of aliphatic hydroxyl groups excluding tert-OH is 2. The fraction of sp³-hybridized carbons (Fsp3) is 0.536. The van der Waals surface area contributed by atoms with Gasteiger partial charge in [0.05, 0.1) is 6.33 Å². The van der Waals surface area contributed by atoms with Crippen LogP contribution in [0.5, 0.6) is 5.75 Å². The first-order chi connectivity index (χ1) is 19.9. The minimum absolute atomic E-state index is 0.0994. The Labute approximate surface area is 236 Å². The number of ether oxygens (including phenoxy) is 2. The van der Waals surface area contributed by atoms with E-state index in [-0.39, 0.29) is 18.0 Å². The predicted octanol–water partition coefficient (Wildman–Crippen LogP) is 1.54. The number of aryl methyl sites for hydroxylation is 1. The van der Waals surface area contributed by atoms with Gasteiger partial charge in [-0.05, 0) is 56.6 Å². The van der Waals surface area contributed by atoms with Gasteiger partial charge in [-0.1, -0.05) is 18.2 Å². The molecule has 2 aromatic heterocycles. The summed E-state index contributed by atoms with van der Waals surface area (Å²) in [6.07, 6.45) is 2.09. The van der Waals surface area contributed by atoms with E-state index in [1.54, 1.807) is 17.0 Å². The highest BCUT2D eigenvalue weighted by atomic mass is 16.6. The van der Waals surface area contributed by atoms with Gasteiger partial charge in [0.15, 0.2) is 23.8 Å². The summed E-state index contributed by atoms with van der Waals surface area (Å²) in [5.74, 6) is 1.33. The number of fused-ring (bicyclic) bond motifs is 1. The van der Waals surface area contributed by atoms with Crippen molar-refractivity contribution in [1.29, 1.82) is 0 Å². The second-order valence-electron chi connectivity index (χ2n) is 11.1. The summed E-state index contributed by atoms with van der Waals surface area (Å²) in [4.78, 5) is 40.1. The molecule has 6 rings (SSSR count). The van der Waals surface area contributed by atoms with Crippen LogP contribution in [0, 0.1) is 5.92 Å². The lowest BCUT2D eigenvalue weighted by molar-refractivity contribution is -0.137. The van der Waals surface area contributed by atoms with E-state index in [4.69, 9.17) is 15.2 Å². The number of amides is 2. The van der Waals surface area contributed by atoms with Gasteiger partial charge in [0.25, 0.3) is 5.91 Å². The van der Waals surface area contributed by atoms with E-state index in [1.807, 2.05) is 18.2 Å². The van der Waals surface area contributed by atoms with E-state index >= 15 is 0 Å². The van der Waals surface area contributed by atoms with Gasteiger partial charge in [-0.2, -0.15) is 0 Å². The molecule has 5 N–H and O–H groups in total. The number of hydrogen-bond acceptors (Lipinski definition) is 10. The summed E-state index contributed by atoms with van der Waals surface area (Å²) >= 11 is 0. The Balaban J connectivity index is 1.04. The van der Waals surface area contributed by atoms with E-state index in [0.717, 1.165) is 38.5 Å². The van der Waals surface area contributed by atoms with Crippen LogP contribution >= 0.6 is 0 Å². The summed E-state index contributed by atoms with van der Waals surface area (Å²) in [5.41, 5.74) is 6.92. The van der Waals surface area contributed by atoms with Crippen LogP contribution in [-0.2, 0) is 16.0 Å². The summed E-state index contributed by atoms with van der Waals surface area (Å²) in [5, 5.41) is 24.0. The molecule has 0 spiro atoms. The van der Waals surface area contributed by atoms with E-state index in [1.165, 1.54) is 10.9 Å². The molecule has 0 bridgehead atoms. The third-order valence-electron chi connectivity index (χ3n) is 8.02. The van der Waals surface area contributed by atoms with Gasteiger partial charge in [-0.3, -0.25) is 9.36 Å². The number of hydrogen-bond donors (Lipinski definition) is 4. The highest BCUT2D eigenvalue weighted by Crippen LogP contribution is 2.33. The zero-order valence-corrected chi connectivity index (χ0v) is 22.6. The summed E-state index contributed by atoms with van der Waals surface area (Å²) in [6, 6.07) is 9.17. The molecule has 2 saturated heterocycles. The quantitative estimate of drug-likeness (QED) is 0.313. The van der Waals surface area contributed by atoms with Crippen LogP contribution in [-0.4, -0.2) is 84.1 Å². The van der Waals surface area contributed by atoms with Crippen LogP contribution in [0.2, 0.25) is 0 Å². The lowest BCUT2D eigenvalue weighted by atomic mass is 9.91. The van der Waals surface area contributed by atoms with Crippen molar-refractivity contribution < 1.29 is 29.3 Å². The third-order valence-corrected chi connectivity index (χ3v) is 8.02. The Kier molecular flexibility index (Phi) is 7.73. The molecule has 13 heteroatoms. The Hall–Kier alpha value is -3.81. The molecule has 1 saturated carbocycles. The number of benzene rings is 1. The van der Waals surface area contributed by atoms with Gasteiger partial charge in [0.2, 0.25) is 0 Å². The highest BCUT2D eigenvalue weighted by molar-refractivity contribution is 5.83. The number of piperidine rings is 1. The number of imidazole rings is 1. The van der Waals surface area contributed by atoms with Gasteiger partial charge >= 0.3 is 6.09 Å². The van der Waals surface area contributed by atoms with E-state index in [2.05, 4.69) is 20.3 Å². The summed E-state index contributed by atoms with van der Waals surface area (Å²) in [7, 11) is 0. The largest absolute Gasteiger partial charge is 0.415 e. The van der Waals surface area contributed by atoms with Crippen LogP contribution in [0.25, 0.3) is 11.2 Å². The van der Waals surface area contributed by atoms with Crippen LogP contribution in [0.1, 0.15) is 50.6 Å². The Morgan fingerprint density at radius 1 is 1.07 bits per heavy atom. The predicted molar refractivity (Wildman–Crippen MR) is 147 cm³/mol. The lowest BCUT2D eigenvalue weighted by Crippen LogP contribution is -2.43. The molecule has 218 valence electrons. The Bertz CT molecular complexity index is 1390. The fourth-order valence-corrected chi connectivity index (χ4v) is 5.51.